The topological polar surface area (TPSA) is 35.2 Å². The van der Waals surface area contributed by atoms with Gasteiger partial charge in [0, 0.05) is 20.7 Å². The molecule has 0 heterocycles. The van der Waals surface area contributed by atoms with E-state index in [-0.39, 0.29) is 0 Å². The molecule has 0 aromatic heterocycles. The molecule has 0 fully saturated rings. The van der Waals surface area contributed by atoms with Crippen LogP contribution in [0, 0.1) is 3.57 Å². The van der Waals surface area contributed by atoms with Crippen molar-refractivity contribution in [2.24, 2.45) is 5.73 Å². The van der Waals surface area contributed by atoms with E-state index in [0.717, 1.165) is 17.1 Å². The maximum Gasteiger partial charge on any atom is 0.132 e. The quantitative estimate of drug-likeness (QED) is 0.834. The van der Waals surface area contributed by atoms with E-state index < -0.39 is 0 Å². The van der Waals surface area contributed by atoms with E-state index in [2.05, 4.69) is 22.6 Å². The molecule has 0 atom stereocenters. The lowest BCUT2D eigenvalue weighted by Gasteiger charge is -2.10. The molecule has 4 heteroatoms. The fraction of sp³-hybridized carbons (Fsp3) is 0.0769. The average molecular weight is 360 g/mol. The maximum absolute atomic E-state index is 5.91. The lowest BCUT2D eigenvalue weighted by Crippen LogP contribution is -1.99. The zero-order chi connectivity index (χ0) is 12.3. The Hall–Kier alpha value is -0.780. The number of rotatable bonds is 3. The van der Waals surface area contributed by atoms with Crippen LogP contribution >= 0.6 is 34.2 Å². The van der Waals surface area contributed by atoms with E-state index in [0.29, 0.717) is 11.6 Å². The largest absolute Gasteiger partial charge is 0.457 e. The van der Waals surface area contributed by atoms with Crippen LogP contribution in [0.5, 0.6) is 11.5 Å². The summed E-state index contributed by atoms with van der Waals surface area (Å²) >= 11 is 8.16. The zero-order valence-corrected chi connectivity index (χ0v) is 11.9. The summed E-state index contributed by atoms with van der Waals surface area (Å²) in [6, 6.07) is 13.3. The minimum absolute atomic E-state index is 0.403. The summed E-state index contributed by atoms with van der Waals surface area (Å²) in [5.41, 5.74) is 6.56. The van der Waals surface area contributed by atoms with E-state index in [9.17, 15) is 0 Å². The van der Waals surface area contributed by atoms with Crippen molar-refractivity contribution in [3.05, 3.63) is 56.6 Å². The molecule has 0 aliphatic rings. The van der Waals surface area contributed by atoms with Crippen LogP contribution < -0.4 is 10.5 Å². The molecule has 88 valence electrons. The number of ether oxygens (including phenoxy) is 1. The predicted molar refractivity (Wildman–Crippen MR) is 78.6 cm³/mol. The van der Waals surface area contributed by atoms with Gasteiger partial charge in [-0.25, -0.2) is 0 Å². The standard InChI is InChI=1S/C13H11ClINO/c14-10-1-6-13(9(7-10)8-16)17-12-4-2-11(15)3-5-12/h1-7H,8,16H2. The van der Waals surface area contributed by atoms with Crippen molar-refractivity contribution in [2.75, 3.05) is 0 Å². The third kappa shape index (κ3) is 3.34. The number of benzene rings is 2. The van der Waals surface area contributed by atoms with Crippen LogP contribution in [0.4, 0.5) is 0 Å². The van der Waals surface area contributed by atoms with Crippen LogP contribution in [-0.4, -0.2) is 0 Å². The molecule has 0 aliphatic carbocycles. The third-order valence-corrected chi connectivity index (χ3v) is 3.24. The predicted octanol–water partition coefficient (Wildman–Crippen LogP) is 4.20. The van der Waals surface area contributed by atoms with Crippen molar-refractivity contribution >= 4 is 34.2 Å². The molecular weight excluding hydrogens is 349 g/mol. The third-order valence-electron chi connectivity index (χ3n) is 2.28. The van der Waals surface area contributed by atoms with Crippen molar-refractivity contribution in [1.82, 2.24) is 0 Å². The Morgan fingerprint density at radius 2 is 1.82 bits per heavy atom. The molecule has 2 rings (SSSR count). The molecule has 0 aliphatic heterocycles. The Labute approximate surface area is 119 Å². The Bertz CT molecular complexity index is 513. The van der Waals surface area contributed by atoms with Crippen LogP contribution in [0.2, 0.25) is 5.02 Å². The Morgan fingerprint density at radius 1 is 1.12 bits per heavy atom. The van der Waals surface area contributed by atoms with Gasteiger partial charge in [-0.3, -0.25) is 0 Å². The van der Waals surface area contributed by atoms with Crippen LogP contribution in [-0.2, 0) is 6.54 Å². The van der Waals surface area contributed by atoms with Crippen LogP contribution in [0.3, 0.4) is 0 Å². The summed E-state index contributed by atoms with van der Waals surface area (Å²) in [5.74, 6) is 1.54. The fourth-order valence-corrected chi connectivity index (χ4v) is 1.99. The van der Waals surface area contributed by atoms with Crippen molar-refractivity contribution in [3.8, 4) is 11.5 Å². The maximum atomic E-state index is 5.91. The normalized spacial score (nSPS) is 10.3. The first-order valence-electron chi connectivity index (χ1n) is 5.11. The number of halogens is 2. The summed E-state index contributed by atoms with van der Waals surface area (Å²) in [7, 11) is 0. The Kier molecular flexibility index (Phi) is 4.25. The lowest BCUT2D eigenvalue weighted by molar-refractivity contribution is 0.476. The SMILES string of the molecule is NCc1cc(Cl)ccc1Oc1ccc(I)cc1. The minimum Gasteiger partial charge on any atom is -0.457 e. The summed E-state index contributed by atoms with van der Waals surface area (Å²) in [6.07, 6.45) is 0. The van der Waals surface area contributed by atoms with Gasteiger partial charge >= 0.3 is 0 Å². The average Bonchev–Trinajstić information content (AvgIpc) is 2.34. The molecule has 0 bridgehead atoms. The van der Waals surface area contributed by atoms with E-state index in [1.807, 2.05) is 36.4 Å². The van der Waals surface area contributed by atoms with E-state index >= 15 is 0 Å². The van der Waals surface area contributed by atoms with Crippen molar-refractivity contribution < 1.29 is 4.74 Å². The highest BCUT2D eigenvalue weighted by molar-refractivity contribution is 14.1. The first-order chi connectivity index (χ1) is 8.19. The molecule has 0 amide bonds. The first-order valence-corrected chi connectivity index (χ1v) is 6.56. The van der Waals surface area contributed by atoms with Crippen LogP contribution in [0.1, 0.15) is 5.56 Å². The molecule has 2 N–H and O–H groups in total. The van der Waals surface area contributed by atoms with Crippen molar-refractivity contribution in [1.29, 1.82) is 0 Å². The molecule has 17 heavy (non-hydrogen) atoms. The fourth-order valence-electron chi connectivity index (χ4n) is 1.44. The smallest absolute Gasteiger partial charge is 0.132 e. The minimum atomic E-state index is 0.403. The number of hydrogen-bond donors (Lipinski definition) is 1. The van der Waals surface area contributed by atoms with Gasteiger partial charge in [0.2, 0.25) is 0 Å². The lowest BCUT2D eigenvalue weighted by atomic mass is 10.2. The van der Waals surface area contributed by atoms with Gasteiger partial charge in [0.1, 0.15) is 11.5 Å². The molecule has 0 radical (unpaired) electrons. The molecule has 0 spiro atoms. The molecule has 0 saturated heterocycles. The second kappa shape index (κ2) is 5.71. The molecule has 0 saturated carbocycles. The summed E-state index contributed by atoms with van der Waals surface area (Å²) in [4.78, 5) is 0. The molecule has 2 nitrogen and oxygen atoms in total. The summed E-state index contributed by atoms with van der Waals surface area (Å²) < 4.78 is 6.94. The van der Waals surface area contributed by atoms with E-state index in [4.69, 9.17) is 22.1 Å². The van der Waals surface area contributed by atoms with E-state index in [1.165, 1.54) is 3.57 Å². The van der Waals surface area contributed by atoms with Gasteiger partial charge in [0.05, 0.1) is 0 Å². The highest BCUT2D eigenvalue weighted by Crippen LogP contribution is 2.27. The van der Waals surface area contributed by atoms with E-state index in [1.54, 1.807) is 6.07 Å². The van der Waals surface area contributed by atoms with Crippen LogP contribution in [0.25, 0.3) is 0 Å². The van der Waals surface area contributed by atoms with Gasteiger partial charge in [0.25, 0.3) is 0 Å². The summed E-state index contributed by atoms with van der Waals surface area (Å²) in [5, 5.41) is 0.667. The van der Waals surface area contributed by atoms with Crippen molar-refractivity contribution in [2.45, 2.75) is 6.54 Å². The summed E-state index contributed by atoms with van der Waals surface area (Å²) in [6.45, 7) is 0.403. The van der Waals surface area contributed by atoms with Crippen molar-refractivity contribution in [3.63, 3.8) is 0 Å². The monoisotopic (exact) mass is 359 g/mol. The molecule has 0 unspecified atom stereocenters. The first kappa shape index (κ1) is 12.7. The molecule has 2 aromatic carbocycles. The van der Waals surface area contributed by atoms with Gasteiger partial charge in [-0.2, -0.15) is 0 Å². The highest BCUT2D eigenvalue weighted by Gasteiger charge is 2.04. The Morgan fingerprint density at radius 3 is 2.47 bits per heavy atom. The van der Waals surface area contributed by atoms with Gasteiger partial charge in [-0.05, 0) is 65.1 Å². The van der Waals surface area contributed by atoms with Gasteiger partial charge in [-0.1, -0.05) is 11.6 Å². The molecule has 2 aromatic rings. The second-order valence-electron chi connectivity index (χ2n) is 3.51. The zero-order valence-electron chi connectivity index (χ0n) is 8.99. The Balaban J connectivity index is 2.26. The van der Waals surface area contributed by atoms with Gasteiger partial charge in [0.15, 0.2) is 0 Å². The highest BCUT2D eigenvalue weighted by atomic mass is 127. The van der Waals surface area contributed by atoms with Gasteiger partial charge in [-0.15, -0.1) is 0 Å². The van der Waals surface area contributed by atoms with Crippen LogP contribution in [0.15, 0.2) is 42.5 Å². The second-order valence-corrected chi connectivity index (χ2v) is 5.19. The van der Waals surface area contributed by atoms with Gasteiger partial charge < -0.3 is 10.5 Å². The molecular formula is C13H11ClINO. The number of hydrogen-bond acceptors (Lipinski definition) is 2. The number of nitrogens with two attached hydrogens (primary N) is 1.